The number of rotatable bonds is 5. The van der Waals surface area contributed by atoms with Crippen LogP contribution in [0.1, 0.15) is 29.7 Å². The smallest absolute Gasteiger partial charge is 0.218 e. The van der Waals surface area contributed by atoms with Gasteiger partial charge in [0.15, 0.2) is 0 Å². The van der Waals surface area contributed by atoms with Gasteiger partial charge in [-0.15, -0.1) is 0 Å². The maximum atomic E-state index is 5.36. The van der Waals surface area contributed by atoms with Crippen LogP contribution in [0.2, 0.25) is 0 Å². The summed E-state index contributed by atoms with van der Waals surface area (Å²) in [5.74, 6) is 0.650. The molecule has 1 unspecified atom stereocenters. The van der Waals surface area contributed by atoms with Crippen molar-refractivity contribution in [2.45, 2.75) is 19.9 Å². The molecule has 0 aliphatic heterocycles. The molecule has 0 aromatic carbocycles. The van der Waals surface area contributed by atoms with E-state index < -0.39 is 0 Å². The van der Waals surface area contributed by atoms with Gasteiger partial charge >= 0.3 is 0 Å². The topological polar surface area (TPSA) is 47.0 Å². The van der Waals surface area contributed by atoms with Crippen LogP contribution in [0.25, 0.3) is 0 Å². The molecule has 0 bridgehead atoms. The minimum Gasteiger partial charge on any atom is -0.481 e. The SMILES string of the molecule is CCNC(c1cnccc1C)c1cccnc1OC. The molecule has 2 aromatic heterocycles. The van der Waals surface area contributed by atoms with Crippen molar-refractivity contribution in [1.29, 1.82) is 0 Å². The van der Waals surface area contributed by atoms with Crippen molar-refractivity contribution < 1.29 is 4.74 Å². The number of hydrogen-bond donors (Lipinski definition) is 1. The van der Waals surface area contributed by atoms with E-state index in [9.17, 15) is 0 Å². The van der Waals surface area contributed by atoms with Gasteiger partial charge < -0.3 is 10.1 Å². The Kier molecular flexibility index (Phi) is 4.47. The number of aryl methyl sites for hydroxylation is 1. The van der Waals surface area contributed by atoms with Crippen molar-refractivity contribution in [2.24, 2.45) is 0 Å². The molecule has 4 nitrogen and oxygen atoms in total. The molecule has 0 aliphatic carbocycles. The van der Waals surface area contributed by atoms with E-state index >= 15 is 0 Å². The minimum atomic E-state index is 0.0438. The van der Waals surface area contributed by atoms with E-state index in [4.69, 9.17) is 4.74 Å². The standard InChI is InChI=1S/C15H19N3O/c1-4-17-14(13-10-16-9-7-11(13)2)12-6-5-8-18-15(12)19-3/h5-10,14,17H,4H2,1-3H3. The zero-order chi connectivity index (χ0) is 13.7. The fourth-order valence-corrected chi connectivity index (χ4v) is 2.16. The summed E-state index contributed by atoms with van der Waals surface area (Å²) in [5, 5.41) is 3.47. The molecule has 0 saturated heterocycles. The van der Waals surface area contributed by atoms with E-state index in [1.165, 1.54) is 5.56 Å². The first kappa shape index (κ1) is 13.5. The predicted molar refractivity (Wildman–Crippen MR) is 75.3 cm³/mol. The Balaban J connectivity index is 2.49. The molecule has 0 aliphatic rings. The van der Waals surface area contributed by atoms with Crippen molar-refractivity contribution in [1.82, 2.24) is 15.3 Å². The van der Waals surface area contributed by atoms with E-state index in [1.54, 1.807) is 13.3 Å². The summed E-state index contributed by atoms with van der Waals surface area (Å²) in [6.45, 7) is 5.03. The van der Waals surface area contributed by atoms with Crippen LogP contribution in [-0.2, 0) is 0 Å². The maximum absolute atomic E-state index is 5.36. The molecule has 0 fully saturated rings. The van der Waals surface area contributed by atoms with E-state index in [2.05, 4.69) is 29.1 Å². The Hall–Kier alpha value is -1.94. The van der Waals surface area contributed by atoms with Crippen molar-refractivity contribution in [3.8, 4) is 5.88 Å². The Bertz CT molecular complexity index is 542. The lowest BCUT2D eigenvalue weighted by atomic mass is 9.97. The van der Waals surface area contributed by atoms with Crippen molar-refractivity contribution in [3.63, 3.8) is 0 Å². The molecular formula is C15H19N3O. The van der Waals surface area contributed by atoms with Gasteiger partial charge in [0.05, 0.1) is 13.2 Å². The highest BCUT2D eigenvalue weighted by Crippen LogP contribution is 2.29. The minimum absolute atomic E-state index is 0.0438. The lowest BCUT2D eigenvalue weighted by molar-refractivity contribution is 0.387. The monoisotopic (exact) mass is 257 g/mol. The van der Waals surface area contributed by atoms with E-state index in [1.807, 2.05) is 30.6 Å². The predicted octanol–water partition coefficient (Wildman–Crippen LogP) is 2.49. The van der Waals surface area contributed by atoms with Gasteiger partial charge in [-0.1, -0.05) is 13.0 Å². The largest absolute Gasteiger partial charge is 0.481 e. The molecule has 0 spiro atoms. The third-order valence-electron chi connectivity index (χ3n) is 3.10. The Morgan fingerprint density at radius 3 is 2.79 bits per heavy atom. The molecule has 0 amide bonds. The van der Waals surface area contributed by atoms with Gasteiger partial charge in [0.1, 0.15) is 0 Å². The first-order valence-corrected chi connectivity index (χ1v) is 6.40. The Labute approximate surface area is 113 Å². The summed E-state index contributed by atoms with van der Waals surface area (Å²) >= 11 is 0. The van der Waals surface area contributed by atoms with Crippen LogP contribution in [-0.4, -0.2) is 23.6 Å². The third-order valence-corrected chi connectivity index (χ3v) is 3.10. The van der Waals surface area contributed by atoms with Crippen LogP contribution in [0.5, 0.6) is 5.88 Å². The van der Waals surface area contributed by atoms with E-state index in [0.29, 0.717) is 5.88 Å². The maximum Gasteiger partial charge on any atom is 0.218 e. The quantitative estimate of drug-likeness (QED) is 0.894. The average Bonchev–Trinajstić information content (AvgIpc) is 2.46. The first-order valence-electron chi connectivity index (χ1n) is 6.40. The fraction of sp³-hybridized carbons (Fsp3) is 0.333. The Morgan fingerprint density at radius 1 is 1.26 bits per heavy atom. The van der Waals surface area contributed by atoms with Crippen LogP contribution in [0.4, 0.5) is 0 Å². The first-order chi connectivity index (χ1) is 9.27. The molecule has 2 aromatic rings. The molecular weight excluding hydrogens is 238 g/mol. The van der Waals surface area contributed by atoms with Crippen LogP contribution in [0.3, 0.4) is 0 Å². The number of ether oxygens (including phenoxy) is 1. The number of nitrogens with zero attached hydrogens (tertiary/aromatic N) is 2. The van der Waals surface area contributed by atoms with Gasteiger partial charge in [-0.05, 0) is 36.7 Å². The summed E-state index contributed by atoms with van der Waals surface area (Å²) in [5.41, 5.74) is 3.38. The van der Waals surface area contributed by atoms with Crippen molar-refractivity contribution >= 4 is 0 Å². The van der Waals surface area contributed by atoms with Crippen molar-refractivity contribution in [3.05, 3.63) is 53.5 Å². The van der Waals surface area contributed by atoms with Gasteiger partial charge in [-0.2, -0.15) is 0 Å². The number of methoxy groups -OCH3 is 1. The van der Waals surface area contributed by atoms with Crippen molar-refractivity contribution in [2.75, 3.05) is 13.7 Å². The van der Waals surface area contributed by atoms with E-state index in [0.717, 1.165) is 17.7 Å². The summed E-state index contributed by atoms with van der Waals surface area (Å²) in [6.07, 6.45) is 5.44. The second kappa shape index (κ2) is 6.29. The summed E-state index contributed by atoms with van der Waals surface area (Å²) < 4.78 is 5.36. The molecule has 100 valence electrons. The molecule has 4 heteroatoms. The lowest BCUT2D eigenvalue weighted by Crippen LogP contribution is -2.23. The van der Waals surface area contributed by atoms with Crippen LogP contribution < -0.4 is 10.1 Å². The summed E-state index contributed by atoms with van der Waals surface area (Å²) in [6, 6.07) is 6.02. The lowest BCUT2D eigenvalue weighted by Gasteiger charge is -2.21. The summed E-state index contributed by atoms with van der Waals surface area (Å²) in [7, 11) is 1.64. The van der Waals surface area contributed by atoms with Crippen LogP contribution >= 0.6 is 0 Å². The van der Waals surface area contributed by atoms with Gasteiger partial charge in [0.25, 0.3) is 0 Å². The highest BCUT2D eigenvalue weighted by Gasteiger charge is 2.19. The van der Waals surface area contributed by atoms with Gasteiger partial charge in [-0.3, -0.25) is 4.98 Å². The Morgan fingerprint density at radius 2 is 2.11 bits per heavy atom. The molecule has 0 saturated carbocycles. The van der Waals surface area contributed by atoms with Gasteiger partial charge in [0, 0.05) is 24.2 Å². The highest BCUT2D eigenvalue weighted by atomic mass is 16.5. The second-order valence-corrected chi connectivity index (χ2v) is 4.32. The number of hydrogen-bond acceptors (Lipinski definition) is 4. The number of aromatic nitrogens is 2. The zero-order valence-corrected chi connectivity index (χ0v) is 11.6. The number of pyridine rings is 2. The van der Waals surface area contributed by atoms with Gasteiger partial charge in [-0.25, -0.2) is 4.98 Å². The summed E-state index contributed by atoms with van der Waals surface area (Å²) in [4.78, 5) is 8.50. The molecule has 1 N–H and O–H groups in total. The molecule has 19 heavy (non-hydrogen) atoms. The van der Waals surface area contributed by atoms with E-state index in [-0.39, 0.29) is 6.04 Å². The van der Waals surface area contributed by atoms with Crippen LogP contribution in [0, 0.1) is 6.92 Å². The molecule has 2 rings (SSSR count). The second-order valence-electron chi connectivity index (χ2n) is 4.32. The van der Waals surface area contributed by atoms with Gasteiger partial charge in [0.2, 0.25) is 5.88 Å². The average molecular weight is 257 g/mol. The molecule has 0 radical (unpaired) electrons. The highest BCUT2D eigenvalue weighted by molar-refractivity contribution is 5.39. The molecule has 1 atom stereocenters. The zero-order valence-electron chi connectivity index (χ0n) is 11.6. The van der Waals surface area contributed by atoms with Crippen LogP contribution in [0.15, 0.2) is 36.8 Å². The normalized spacial score (nSPS) is 12.2. The number of nitrogens with one attached hydrogen (secondary N) is 1. The third kappa shape index (κ3) is 2.90. The molecule has 2 heterocycles. The fourth-order valence-electron chi connectivity index (χ4n) is 2.16.